The van der Waals surface area contributed by atoms with Crippen LogP contribution in [0.15, 0.2) is 189 Å². The standard InChI is InChI=1S/C55H37N9/c1-35-21-28-56-46(31-35)54(49-42(17-7-24-59-49)43-18-8-25-60-50(43)54)38-13-3-11-36(32-38)53(47-40(15-5-22-57-47)41-16-6-23-58-48(41)53)37-12-4-14-39(33-37)55(64-30-29-63(2)34-64)51-44(19-9-26-61-51)45-20-10-27-62-52(45)55/h3-33H,1-2H3/q+2. The monoisotopic (exact) mass is 823 g/mol. The molecule has 0 fully saturated rings. The first-order valence-electron chi connectivity index (χ1n) is 21.4. The van der Waals surface area contributed by atoms with Gasteiger partial charge >= 0.3 is 6.01 Å². The first kappa shape index (κ1) is 36.3. The zero-order valence-electron chi connectivity index (χ0n) is 34.9. The number of fused-ring (bicyclic) bond motifs is 9. The first-order chi connectivity index (χ1) is 31.5. The third-order valence-electron chi connectivity index (χ3n) is 13.6. The Morgan fingerprint density at radius 3 is 1.25 bits per heavy atom. The topological polar surface area (TPSA) is 96.2 Å². The number of rotatable bonds is 6. The van der Waals surface area contributed by atoms with Crippen molar-refractivity contribution in [1.29, 1.82) is 0 Å². The molecule has 0 unspecified atom stereocenters. The summed E-state index contributed by atoms with van der Waals surface area (Å²) >= 11 is 0. The van der Waals surface area contributed by atoms with E-state index >= 15 is 0 Å². The maximum atomic E-state index is 5.33. The average Bonchev–Trinajstić information content (AvgIpc) is 4.09. The van der Waals surface area contributed by atoms with Gasteiger partial charge in [-0.1, -0.05) is 88.0 Å². The second-order valence-electron chi connectivity index (χ2n) is 16.9. The molecule has 7 aromatic heterocycles. The van der Waals surface area contributed by atoms with E-state index in [4.69, 9.17) is 34.9 Å². The van der Waals surface area contributed by atoms with E-state index in [1.54, 1.807) is 0 Å². The molecule has 9 nitrogen and oxygen atoms in total. The van der Waals surface area contributed by atoms with Gasteiger partial charge in [0.1, 0.15) is 22.2 Å². The normalized spacial score (nSPS) is 15.9. The van der Waals surface area contributed by atoms with E-state index in [1.807, 2.05) is 104 Å². The summed E-state index contributed by atoms with van der Waals surface area (Å²) in [7, 11) is 1.99. The lowest BCUT2D eigenvalue weighted by Crippen LogP contribution is -2.39. The van der Waals surface area contributed by atoms with Crippen LogP contribution in [0.4, 0.5) is 0 Å². The van der Waals surface area contributed by atoms with Crippen LogP contribution < -0.4 is 0 Å². The predicted molar refractivity (Wildman–Crippen MR) is 243 cm³/mol. The molecule has 0 amide bonds. The van der Waals surface area contributed by atoms with Gasteiger partial charge in [-0.05, 0) is 83.8 Å². The van der Waals surface area contributed by atoms with E-state index in [-0.39, 0.29) is 0 Å². The van der Waals surface area contributed by atoms with Gasteiger partial charge in [-0.25, -0.2) is 0 Å². The van der Waals surface area contributed by atoms with Gasteiger partial charge in [-0.2, -0.15) is 0 Å². The minimum absolute atomic E-state index is 0.859. The van der Waals surface area contributed by atoms with E-state index in [2.05, 4.69) is 115 Å². The van der Waals surface area contributed by atoms with Gasteiger partial charge in [0.25, 0.3) is 5.54 Å². The van der Waals surface area contributed by atoms with Crippen molar-refractivity contribution >= 4 is 6.01 Å². The van der Waals surface area contributed by atoms with Gasteiger partial charge in [0.15, 0.2) is 7.05 Å². The molecular formula is C55H37N9+2. The fourth-order valence-electron chi connectivity index (χ4n) is 11.2. The van der Waals surface area contributed by atoms with Crippen LogP contribution in [0.5, 0.6) is 0 Å². The summed E-state index contributed by atoms with van der Waals surface area (Å²) in [5.41, 5.74) is 14.7. The molecule has 0 saturated heterocycles. The van der Waals surface area contributed by atoms with Crippen molar-refractivity contribution in [2.24, 2.45) is 0 Å². The van der Waals surface area contributed by atoms with Crippen LogP contribution in [-0.4, -0.2) is 57.1 Å². The highest BCUT2D eigenvalue weighted by Crippen LogP contribution is 2.59. The van der Waals surface area contributed by atoms with Gasteiger partial charge in [-0.3, -0.25) is 34.9 Å². The number of aryl methyl sites for hydroxylation is 1. The molecule has 0 spiro atoms. The number of hydrogen-bond acceptors (Lipinski definition) is 7. The predicted octanol–water partition coefficient (Wildman–Crippen LogP) is 9.07. The second kappa shape index (κ2) is 13.3. The molecule has 13 rings (SSSR count). The van der Waals surface area contributed by atoms with E-state index in [0.29, 0.717) is 0 Å². The van der Waals surface area contributed by atoms with Gasteiger partial charge in [0.05, 0.1) is 28.5 Å². The molecule has 0 bridgehead atoms. The Bertz CT molecular complexity index is 3430. The van der Waals surface area contributed by atoms with Crippen molar-refractivity contribution in [3.63, 3.8) is 0 Å². The zero-order valence-corrected chi connectivity index (χ0v) is 34.9. The minimum Gasteiger partial charge on any atom is -0.259 e. The van der Waals surface area contributed by atoms with Crippen LogP contribution in [0.1, 0.15) is 67.7 Å². The van der Waals surface area contributed by atoms with E-state index in [9.17, 15) is 0 Å². The fourth-order valence-corrected chi connectivity index (χ4v) is 11.2. The van der Waals surface area contributed by atoms with Gasteiger partial charge in [-0.15, -0.1) is 0 Å². The summed E-state index contributed by atoms with van der Waals surface area (Å²) in [6.45, 7) is 2.11. The molecule has 9 heteroatoms. The minimum atomic E-state index is -0.982. The van der Waals surface area contributed by atoms with Gasteiger partial charge in [0, 0.05) is 82.3 Å². The molecule has 9 aromatic rings. The smallest absolute Gasteiger partial charge is 0.259 e. The second-order valence-corrected chi connectivity index (χ2v) is 16.9. The van der Waals surface area contributed by atoms with Crippen molar-refractivity contribution in [3.05, 3.63) is 257 Å². The molecule has 4 aliphatic rings. The van der Waals surface area contributed by atoms with Gasteiger partial charge < -0.3 is 0 Å². The number of nitrogens with zero attached hydrogens (tertiary/aromatic N) is 9. The zero-order chi connectivity index (χ0) is 42.6. The van der Waals surface area contributed by atoms with Crippen LogP contribution >= 0.6 is 0 Å². The summed E-state index contributed by atoms with van der Waals surface area (Å²) in [6, 6.07) is 50.6. The molecular weight excluding hydrogens is 787 g/mol. The molecule has 64 heavy (non-hydrogen) atoms. The lowest BCUT2D eigenvalue weighted by atomic mass is 9.67. The largest absolute Gasteiger partial charge is 0.490 e. The molecule has 1 aliphatic heterocycles. The number of pyridine rings is 7. The first-order valence-corrected chi connectivity index (χ1v) is 21.4. The van der Waals surface area contributed by atoms with Crippen LogP contribution in [0, 0.1) is 6.92 Å². The highest BCUT2D eigenvalue weighted by atomic mass is 15.2. The average molecular weight is 824 g/mol. The molecule has 3 aliphatic carbocycles. The summed E-state index contributed by atoms with van der Waals surface area (Å²) in [5.74, 6) is 0. The summed E-state index contributed by atoms with van der Waals surface area (Å²) in [5, 5.41) is 0. The Hall–Kier alpha value is -8.39. The Labute approximate surface area is 369 Å². The third-order valence-corrected chi connectivity index (χ3v) is 13.6. The molecule has 2 aromatic carbocycles. The van der Waals surface area contributed by atoms with Crippen molar-refractivity contribution in [2.45, 2.75) is 23.3 Å². The van der Waals surface area contributed by atoms with E-state index in [0.717, 1.165) is 101 Å². The van der Waals surface area contributed by atoms with E-state index in [1.165, 1.54) is 0 Å². The lowest BCUT2D eigenvalue weighted by molar-refractivity contribution is -0.534. The maximum Gasteiger partial charge on any atom is 0.490 e. The van der Waals surface area contributed by atoms with Crippen molar-refractivity contribution in [3.8, 4) is 33.4 Å². The van der Waals surface area contributed by atoms with Gasteiger partial charge in [0.2, 0.25) is 12.4 Å². The summed E-state index contributed by atoms with van der Waals surface area (Å²) in [6.07, 6.45) is 17.3. The number of benzene rings is 2. The van der Waals surface area contributed by atoms with E-state index < -0.39 is 16.4 Å². The van der Waals surface area contributed by atoms with Crippen LogP contribution in [0.2, 0.25) is 0 Å². The van der Waals surface area contributed by atoms with Crippen molar-refractivity contribution < 1.29 is 9.15 Å². The number of hydrogen-bond donors (Lipinski definition) is 0. The Morgan fingerprint density at radius 1 is 0.391 bits per heavy atom. The molecule has 0 N–H and O–H groups in total. The Morgan fingerprint density at radius 2 is 0.797 bits per heavy atom. The van der Waals surface area contributed by atoms with Crippen molar-refractivity contribution in [1.82, 2.24) is 34.9 Å². The highest BCUT2D eigenvalue weighted by molar-refractivity contribution is 5.86. The van der Waals surface area contributed by atoms with Crippen LogP contribution in [0.3, 0.4) is 0 Å². The third kappa shape index (κ3) is 4.55. The summed E-state index contributed by atoms with van der Waals surface area (Å²) in [4.78, 5) is 36.5. The molecule has 8 heterocycles. The molecule has 300 valence electrons. The van der Waals surface area contributed by atoms with Crippen molar-refractivity contribution in [2.75, 3.05) is 7.05 Å². The lowest BCUT2D eigenvalue weighted by Gasteiger charge is -2.35. The highest BCUT2D eigenvalue weighted by Gasteiger charge is 2.60. The Balaban J connectivity index is 1.14. The molecule has 0 radical (unpaired) electrons. The molecule has 0 saturated carbocycles. The quantitative estimate of drug-likeness (QED) is 0.155. The van der Waals surface area contributed by atoms with Crippen LogP contribution in [0.25, 0.3) is 33.4 Å². The molecule has 0 atom stereocenters. The maximum absolute atomic E-state index is 5.33. The SMILES string of the molecule is Cc1ccnc(C2(c3cccc(C4(c5cccc(C6([N+]7=C=[N+](C)C=C7)c7ncccc7-c7cccnc76)c5)c5ncccc5-c5cccnc54)c3)c3ncccc3-c3cccnc32)c1. The Kier molecular flexibility index (Phi) is 7.54. The number of aromatic nitrogens is 7. The summed E-state index contributed by atoms with van der Waals surface area (Å²) < 4.78 is 4.08. The van der Waals surface area contributed by atoms with Crippen LogP contribution in [-0.2, 0) is 16.4 Å². The fraction of sp³-hybridized carbons (Fsp3) is 0.0909.